The van der Waals surface area contributed by atoms with Gasteiger partial charge in [0.1, 0.15) is 0 Å². The highest BCUT2D eigenvalue weighted by Crippen LogP contribution is 2.32. The number of sulfonamides is 1. The molecule has 4 aromatic carbocycles. The van der Waals surface area contributed by atoms with Crippen LogP contribution in [0, 0.1) is 5.92 Å². The van der Waals surface area contributed by atoms with Crippen LogP contribution in [-0.4, -0.2) is 72.0 Å². The summed E-state index contributed by atoms with van der Waals surface area (Å²) in [4.78, 5) is 15.1. The molecule has 4 aromatic rings. The van der Waals surface area contributed by atoms with Crippen molar-refractivity contribution < 1.29 is 18.3 Å². The van der Waals surface area contributed by atoms with Gasteiger partial charge in [-0.2, -0.15) is 4.31 Å². The van der Waals surface area contributed by atoms with Crippen LogP contribution in [-0.2, 0) is 34.3 Å². The molecule has 9 nitrogen and oxygen atoms in total. The first-order chi connectivity index (χ1) is 24.0. The van der Waals surface area contributed by atoms with E-state index in [1.54, 1.807) is 6.07 Å². The van der Waals surface area contributed by atoms with E-state index in [2.05, 4.69) is 29.2 Å². The Morgan fingerprint density at radius 2 is 1.32 bits per heavy atom. The van der Waals surface area contributed by atoms with Gasteiger partial charge in [0, 0.05) is 52.2 Å². The summed E-state index contributed by atoms with van der Waals surface area (Å²) in [5, 5.41) is 15.7. The van der Waals surface area contributed by atoms with E-state index in [0.29, 0.717) is 44.0 Å². The van der Waals surface area contributed by atoms with E-state index < -0.39 is 22.2 Å². The van der Waals surface area contributed by atoms with E-state index in [1.807, 2.05) is 85.6 Å². The van der Waals surface area contributed by atoms with Crippen molar-refractivity contribution in [2.24, 2.45) is 5.92 Å². The van der Waals surface area contributed by atoms with Gasteiger partial charge in [0.2, 0.25) is 15.9 Å². The number of carbonyl (C=O) groups excluding carboxylic acids is 1. The minimum Gasteiger partial charge on any atom is -0.397 e. The Bertz CT molecular complexity index is 1730. The first-order valence-corrected chi connectivity index (χ1v) is 19.0. The van der Waals surface area contributed by atoms with Crippen LogP contribution in [0.25, 0.3) is 0 Å². The van der Waals surface area contributed by atoms with Crippen molar-refractivity contribution in [2.45, 2.75) is 70.2 Å². The monoisotopic (exact) mass is 697 g/mol. The summed E-state index contributed by atoms with van der Waals surface area (Å²) in [5.41, 5.74) is 10.3. The molecule has 1 fully saturated rings. The molecule has 10 heteroatoms. The zero-order valence-corrected chi connectivity index (χ0v) is 30.3. The maximum atomic E-state index is 14.6. The fraction of sp³-hybridized carbons (Fsp3) is 0.375. The molecular weight excluding hydrogens is 647 g/mol. The molecule has 1 saturated heterocycles. The number of carbonyl (C=O) groups is 1. The van der Waals surface area contributed by atoms with E-state index in [-0.39, 0.29) is 29.8 Å². The van der Waals surface area contributed by atoms with Crippen LogP contribution in [0.1, 0.15) is 50.3 Å². The standard InChI is InChI=1S/C40H51N5O4S/c1-31(2)27-44(50(48,49)36-21-22-37(41)38(26-36)45(32(3)46)43-23-13-14-24-43)30-40(47)39(25-33-15-7-4-8-16-33)42(28-34-17-9-5-10-18-34)29-35-19-11-6-12-20-35/h4-12,15-22,26,31,39-40,47H,13-14,23-25,27-30,41H2,1-3H3/t39-,40+/m0/s1. The van der Waals surface area contributed by atoms with Crippen molar-refractivity contribution in [1.82, 2.24) is 14.2 Å². The number of aliphatic hydroxyl groups excluding tert-OH is 1. The molecule has 3 N–H and O–H groups in total. The number of aliphatic hydroxyl groups is 1. The Labute approximate surface area is 298 Å². The Morgan fingerprint density at radius 1 is 0.800 bits per heavy atom. The summed E-state index contributed by atoms with van der Waals surface area (Å²) in [6.07, 6.45) is 1.37. The lowest BCUT2D eigenvalue weighted by Gasteiger charge is -2.37. The van der Waals surface area contributed by atoms with Gasteiger partial charge < -0.3 is 10.8 Å². The van der Waals surface area contributed by atoms with Crippen molar-refractivity contribution in [3.63, 3.8) is 0 Å². The zero-order valence-electron chi connectivity index (χ0n) is 29.4. The molecule has 0 spiro atoms. The predicted molar refractivity (Wildman–Crippen MR) is 200 cm³/mol. The molecule has 266 valence electrons. The number of benzene rings is 4. The van der Waals surface area contributed by atoms with E-state index in [4.69, 9.17) is 5.73 Å². The smallest absolute Gasteiger partial charge is 0.243 e. The molecule has 5 rings (SSSR count). The molecule has 1 aliphatic heterocycles. The number of hydrogen-bond donors (Lipinski definition) is 2. The Hall–Kier alpha value is -4.06. The minimum atomic E-state index is -4.12. The number of rotatable bonds is 16. The molecule has 0 aromatic heterocycles. The van der Waals surface area contributed by atoms with Gasteiger partial charge in [0.15, 0.2) is 0 Å². The summed E-state index contributed by atoms with van der Waals surface area (Å²) >= 11 is 0. The first-order valence-electron chi connectivity index (χ1n) is 17.5. The molecule has 0 bridgehead atoms. The SMILES string of the molecule is CC(=O)N(c1cc(S(=O)(=O)N(CC(C)C)C[C@@H](O)[C@H](Cc2ccccc2)N(Cc2ccccc2)Cc2ccccc2)ccc1N)N1CCCC1. The van der Waals surface area contributed by atoms with Crippen molar-refractivity contribution in [1.29, 1.82) is 0 Å². The highest BCUT2D eigenvalue weighted by molar-refractivity contribution is 7.89. The lowest BCUT2D eigenvalue weighted by molar-refractivity contribution is -0.119. The van der Waals surface area contributed by atoms with Gasteiger partial charge in [0.05, 0.1) is 22.4 Å². The van der Waals surface area contributed by atoms with E-state index in [1.165, 1.54) is 28.4 Å². The molecule has 0 radical (unpaired) electrons. The van der Waals surface area contributed by atoms with Gasteiger partial charge in [-0.05, 0) is 60.1 Å². The largest absolute Gasteiger partial charge is 0.397 e. The number of amides is 1. The molecule has 2 atom stereocenters. The molecule has 1 amide bonds. The lowest BCUT2D eigenvalue weighted by Crippen LogP contribution is -2.50. The number of nitrogens with zero attached hydrogens (tertiary/aromatic N) is 4. The zero-order chi connectivity index (χ0) is 35.7. The fourth-order valence-electron chi connectivity index (χ4n) is 6.74. The second-order valence-corrected chi connectivity index (χ2v) is 15.6. The molecule has 1 heterocycles. The van der Waals surface area contributed by atoms with Crippen LogP contribution < -0.4 is 10.7 Å². The third kappa shape index (κ3) is 9.58. The van der Waals surface area contributed by atoms with Gasteiger partial charge in [-0.3, -0.25) is 9.69 Å². The summed E-state index contributed by atoms with van der Waals surface area (Å²) < 4.78 is 30.5. The van der Waals surface area contributed by atoms with Crippen LogP contribution in [0.2, 0.25) is 0 Å². The minimum absolute atomic E-state index is 0.0131. The summed E-state index contributed by atoms with van der Waals surface area (Å²) in [5.74, 6) is -0.246. The Balaban J connectivity index is 1.51. The average Bonchev–Trinajstić information content (AvgIpc) is 3.63. The quantitative estimate of drug-likeness (QED) is 0.139. The highest BCUT2D eigenvalue weighted by Gasteiger charge is 2.34. The molecular formula is C40H51N5O4S. The molecule has 50 heavy (non-hydrogen) atoms. The van der Waals surface area contributed by atoms with Crippen LogP contribution in [0.3, 0.4) is 0 Å². The van der Waals surface area contributed by atoms with Crippen molar-refractivity contribution in [3.8, 4) is 0 Å². The third-order valence-corrected chi connectivity index (χ3v) is 11.0. The van der Waals surface area contributed by atoms with Gasteiger partial charge in [-0.25, -0.2) is 18.4 Å². The van der Waals surface area contributed by atoms with Crippen LogP contribution in [0.15, 0.2) is 114 Å². The summed E-state index contributed by atoms with van der Waals surface area (Å²) in [6.45, 7) is 8.00. The van der Waals surface area contributed by atoms with Crippen LogP contribution in [0.4, 0.5) is 11.4 Å². The first kappa shape index (κ1) is 37.2. The average molecular weight is 698 g/mol. The Kier molecular flexibility index (Phi) is 12.8. The molecule has 0 unspecified atom stereocenters. The number of nitrogen functional groups attached to an aromatic ring is 1. The second kappa shape index (κ2) is 17.2. The second-order valence-electron chi connectivity index (χ2n) is 13.6. The van der Waals surface area contributed by atoms with E-state index in [9.17, 15) is 18.3 Å². The maximum Gasteiger partial charge on any atom is 0.243 e. The van der Waals surface area contributed by atoms with Gasteiger partial charge >= 0.3 is 0 Å². The fourth-order valence-corrected chi connectivity index (χ4v) is 8.38. The van der Waals surface area contributed by atoms with Gasteiger partial charge in [-0.1, -0.05) is 105 Å². The van der Waals surface area contributed by atoms with Gasteiger partial charge in [0.25, 0.3) is 0 Å². The topological polar surface area (TPSA) is 110 Å². The van der Waals surface area contributed by atoms with Gasteiger partial charge in [-0.15, -0.1) is 0 Å². The maximum absolute atomic E-state index is 14.6. The van der Waals surface area contributed by atoms with Crippen molar-refractivity contribution >= 4 is 27.3 Å². The number of hydrogen-bond acceptors (Lipinski definition) is 7. The molecule has 1 aliphatic rings. The Morgan fingerprint density at radius 3 is 1.82 bits per heavy atom. The third-order valence-electron chi connectivity index (χ3n) is 9.15. The van der Waals surface area contributed by atoms with Crippen LogP contribution in [0.5, 0.6) is 0 Å². The number of nitrogens with two attached hydrogens (primary N) is 1. The van der Waals surface area contributed by atoms with E-state index in [0.717, 1.165) is 29.5 Å². The summed E-state index contributed by atoms with van der Waals surface area (Å²) in [6, 6.07) is 34.4. The van der Waals surface area contributed by atoms with Crippen molar-refractivity contribution in [2.75, 3.05) is 36.9 Å². The van der Waals surface area contributed by atoms with E-state index >= 15 is 0 Å². The normalized spacial score (nSPS) is 15.1. The molecule has 0 saturated carbocycles. The highest BCUT2D eigenvalue weighted by atomic mass is 32.2. The summed E-state index contributed by atoms with van der Waals surface area (Å²) in [7, 11) is -4.12. The van der Waals surface area contributed by atoms with Crippen LogP contribution >= 0.6 is 0 Å². The molecule has 0 aliphatic carbocycles. The van der Waals surface area contributed by atoms with Crippen molar-refractivity contribution in [3.05, 3.63) is 126 Å². The number of anilines is 2. The predicted octanol–water partition coefficient (Wildman–Crippen LogP) is 5.95. The number of hydrazine groups is 1. The lowest BCUT2D eigenvalue weighted by atomic mass is 9.97.